The molecule has 0 heterocycles. The van der Waals surface area contributed by atoms with E-state index in [1.54, 1.807) is 18.2 Å². The summed E-state index contributed by atoms with van der Waals surface area (Å²) < 4.78 is 18.5. The number of hydrogen-bond acceptors (Lipinski definition) is 4. The number of nitrogens with one attached hydrogen (secondary N) is 1. The van der Waals surface area contributed by atoms with Crippen LogP contribution in [0.1, 0.15) is 12.5 Å². The smallest absolute Gasteiger partial charge is 0.269 e. The maximum atomic E-state index is 13.2. The summed E-state index contributed by atoms with van der Waals surface area (Å²) in [5, 5.41) is 13.7. The summed E-state index contributed by atoms with van der Waals surface area (Å²) in [5.41, 5.74) is 1.61. The largest absolute Gasteiger partial charge is 0.492 e. The molecule has 0 atom stereocenters. The fourth-order valence-electron chi connectivity index (χ4n) is 1.85. The molecule has 0 radical (unpaired) electrons. The van der Waals surface area contributed by atoms with Crippen molar-refractivity contribution >= 4 is 11.4 Å². The summed E-state index contributed by atoms with van der Waals surface area (Å²) >= 11 is 0. The van der Waals surface area contributed by atoms with Crippen molar-refractivity contribution in [2.45, 2.75) is 13.5 Å². The average molecular weight is 290 g/mol. The van der Waals surface area contributed by atoms with Crippen molar-refractivity contribution in [3.05, 3.63) is 64.0 Å². The normalized spacial score (nSPS) is 10.2. The van der Waals surface area contributed by atoms with Gasteiger partial charge in [0.05, 0.1) is 17.2 Å². The molecule has 5 nitrogen and oxygen atoms in total. The molecule has 0 aliphatic rings. The molecule has 0 bridgehead atoms. The SMILES string of the molecule is CCOc1cc(F)ccc1NCc1ccc([N+](=O)[O-])cc1. The van der Waals surface area contributed by atoms with Crippen molar-refractivity contribution in [3.63, 3.8) is 0 Å². The highest BCUT2D eigenvalue weighted by atomic mass is 19.1. The first-order chi connectivity index (χ1) is 10.1. The van der Waals surface area contributed by atoms with Crippen LogP contribution >= 0.6 is 0 Å². The van der Waals surface area contributed by atoms with Gasteiger partial charge in [-0.1, -0.05) is 12.1 Å². The maximum absolute atomic E-state index is 13.2. The van der Waals surface area contributed by atoms with Crippen LogP contribution in [0, 0.1) is 15.9 Å². The van der Waals surface area contributed by atoms with Crippen molar-refractivity contribution < 1.29 is 14.1 Å². The Hall–Kier alpha value is -2.63. The van der Waals surface area contributed by atoms with Crippen molar-refractivity contribution in [3.8, 4) is 5.75 Å². The van der Waals surface area contributed by atoms with Crippen LogP contribution in [0.5, 0.6) is 5.75 Å². The van der Waals surface area contributed by atoms with E-state index >= 15 is 0 Å². The molecule has 6 heteroatoms. The molecule has 0 aromatic heterocycles. The highest BCUT2D eigenvalue weighted by Crippen LogP contribution is 2.26. The second-order valence-corrected chi connectivity index (χ2v) is 4.35. The first-order valence-corrected chi connectivity index (χ1v) is 6.49. The van der Waals surface area contributed by atoms with Crippen LogP contribution in [0.4, 0.5) is 15.8 Å². The molecular formula is C15H15FN2O3. The Morgan fingerprint density at radius 2 is 1.95 bits per heavy atom. The number of nitro groups is 1. The molecule has 2 aromatic rings. The third-order valence-corrected chi connectivity index (χ3v) is 2.87. The average Bonchev–Trinajstić information content (AvgIpc) is 2.47. The summed E-state index contributed by atoms with van der Waals surface area (Å²) in [5.74, 6) is 0.0822. The Labute approximate surface area is 121 Å². The highest BCUT2D eigenvalue weighted by Gasteiger charge is 2.07. The minimum Gasteiger partial charge on any atom is -0.492 e. The third-order valence-electron chi connectivity index (χ3n) is 2.87. The van der Waals surface area contributed by atoms with Crippen LogP contribution in [0.3, 0.4) is 0 Å². The number of halogens is 1. The standard InChI is InChI=1S/C15H15FN2O3/c1-2-21-15-9-12(16)5-8-14(15)17-10-11-3-6-13(7-4-11)18(19)20/h3-9,17H,2,10H2,1H3. The van der Waals surface area contributed by atoms with Gasteiger partial charge in [0.25, 0.3) is 5.69 Å². The summed E-state index contributed by atoms with van der Waals surface area (Å²) in [6.45, 7) is 2.73. The molecule has 0 spiro atoms. The zero-order valence-corrected chi connectivity index (χ0v) is 11.5. The highest BCUT2D eigenvalue weighted by molar-refractivity contribution is 5.56. The number of ether oxygens (including phenoxy) is 1. The van der Waals surface area contributed by atoms with Gasteiger partial charge in [0, 0.05) is 24.7 Å². The van der Waals surface area contributed by atoms with E-state index in [0.29, 0.717) is 24.6 Å². The fraction of sp³-hybridized carbons (Fsp3) is 0.200. The van der Waals surface area contributed by atoms with Crippen molar-refractivity contribution in [1.29, 1.82) is 0 Å². The number of rotatable bonds is 6. The van der Waals surface area contributed by atoms with Crippen LogP contribution in [-0.4, -0.2) is 11.5 Å². The van der Waals surface area contributed by atoms with Gasteiger partial charge in [0.2, 0.25) is 0 Å². The van der Waals surface area contributed by atoms with Gasteiger partial charge in [-0.25, -0.2) is 4.39 Å². The number of benzene rings is 2. The molecular weight excluding hydrogens is 275 g/mol. The lowest BCUT2D eigenvalue weighted by Gasteiger charge is -2.12. The van der Waals surface area contributed by atoms with E-state index in [1.165, 1.54) is 24.3 Å². The Morgan fingerprint density at radius 1 is 1.24 bits per heavy atom. The maximum Gasteiger partial charge on any atom is 0.269 e. The second-order valence-electron chi connectivity index (χ2n) is 4.35. The molecule has 21 heavy (non-hydrogen) atoms. The monoisotopic (exact) mass is 290 g/mol. The zero-order chi connectivity index (χ0) is 15.2. The molecule has 0 fully saturated rings. The Morgan fingerprint density at radius 3 is 2.57 bits per heavy atom. The molecule has 2 aromatic carbocycles. The summed E-state index contributed by atoms with van der Waals surface area (Å²) in [4.78, 5) is 10.1. The van der Waals surface area contributed by atoms with Gasteiger partial charge in [-0.05, 0) is 24.6 Å². The van der Waals surface area contributed by atoms with E-state index in [1.807, 2.05) is 6.92 Å². The van der Waals surface area contributed by atoms with E-state index in [9.17, 15) is 14.5 Å². The summed E-state index contributed by atoms with van der Waals surface area (Å²) in [6, 6.07) is 10.5. The van der Waals surface area contributed by atoms with Gasteiger partial charge >= 0.3 is 0 Å². The molecule has 0 saturated heterocycles. The van der Waals surface area contributed by atoms with Gasteiger partial charge < -0.3 is 10.1 Å². The lowest BCUT2D eigenvalue weighted by Crippen LogP contribution is -2.03. The predicted molar refractivity (Wildman–Crippen MR) is 78.0 cm³/mol. The molecule has 0 saturated carbocycles. The van der Waals surface area contributed by atoms with E-state index in [-0.39, 0.29) is 11.5 Å². The third kappa shape index (κ3) is 3.92. The molecule has 0 unspecified atom stereocenters. The van der Waals surface area contributed by atoms with Crippen molar-refractivity contribution in [2.75, 3.05) is 11.9 Å². The number of nitrogens with zero attached hydrogens (tertiary/aromatic N) is 1. The minimum absolute atomic E-state index is 0.0514. The topological polar surface area (TPSA) is 64.4 Å². The number of hydrogen-bond donors (Lipinski definition) is 1. The van der Waals surface area contributed by atoms with Gasteiger partial charge in [-0.3, -0.25) is 10.1 Å². The molecule has 2 rings (SSSR count). The predicted octanol–water partition coefficient (Wildman–Crippen LogP) is 3.74. The number of anilines is 1. The Balaban J connectivity index is 2.07. The van der Waals surface area contributed by atoms with E-state index in [4.69, 9.17) is 4.74 Å². The quantitative estimate of drug-likeness (QED) is 0.650. The van der Waals surface area contributed by atoms with Crippen molar-refractivity contribution in [1.82, 2.24) is 0 Å². The number of non-ortho nitro benzene ring substituents is 1. The fourth-order valence-corrected chi connectivity index (χ4v) is 1.85. The van der Waals surface area contributed by atoms with Gasteiger partial charge in [0.1, 0.15) is 11.6 Å². The van der Waals surface area contributed by atoms with Gasteiger partial charge in [0.15, 0.2) is 0 Å². The lowest BCUT2D eigenvalue weighted by atomic mass is 10.2. The molecule has 0 amide bonds. The van der Waals surface area contributed by atoms with E-state index < -0.39 is 4.92 Å². The van der Waals surface area contributed by atoms with Crippen LogP contribution in [0.2, 0.25) is 0 Å². The lowest BCUT2D eigenvalue weighted by molar-refractivity contribution is -0.384. The van der Waals surface area contributed by atoms with Crippen LogP contribution in [-0.2, 0) is 6.54 Å². The van der Waals surface area contributed by atoms with Crippen molar-refractivity contribution in [2.24, 2.45) is 0 Å². The summed E-state index contributed by atoms with van der Waals surface area (Å²) in [7, 11) is 0. The first kappa shape index (κ1) is 14.8. The summed E-state index contributed by atoms with van der Waals surface area (Å²) in [6.07, 6.45) is 0. The molecule has 1 N–H and O–H groups in total. The van der Waals surface area contributed by atoms with E-state index in [2.05, 4.69) is 5.32 Å². The van der Waals surface area contributed by atoms with Gasteiger partial charge in [-0.2, -0.15) is 0 Å². The van der Waals surface area contributed by atoms with Crippen LogP contribution in [0.25, 0.3) is 0 Å². The first-order valence-electron chi connectivity index (χ1n) is 6.49. The minimum atomic E-state index is -0.440. The van der Waals surface area contributed by atoms with Crippen LogP contribution in [0.15, 0.2) is 42.5 Å². The van der Waals surface area contributed by atoms with Gasteiger partial charge in [-0.15, -0.1) is 0 Å². The Kier molecular flexibility index (Phi) is 4.71. The molecule has 0 aliphatic heterocycles. The Bertz CT molecular complexity index is 629. The van der Waals surface area contributed by atoms with Crippen LogP contribution < -0.4 is 10.1 Å². The molecule has 110 valence electrons. The van der Waals surface area contributed by atoms with E-state index in [0.717, 1.165) is 5.56 Å². The second kappa shape index (κ2) is 6.69. The molecule has 0 aliphatic carbocycles. The zero-order valence-electron chi connectivity index (χ0n) is 11.5. The number of nitro benzene ring substituents is 1.